The Bertz CT molecular complexity index is 790. The van der Waals surface area contributed by atoms with Crippen LogP contribution in [-0.4, -0.2) is 33.7 Å². The summed E-state index contributed by atoms with van der Waals surface area (Å²) in [4.78, 5) is 12.0. The summed E-state index contributed by atoms with van der Waals surface area (Å²) in [6, 6.07) is 15.6. The normalized spacial score (nSPS) is 12.4. The van der Waals surface area contributed by atoms with Crippen molar-refractivity contribution in [3.8, 4) is 5.75 Å². The molecule has 2 aromatic rings. The Labute approximate surface area is 148 Å². The number of hydrogen-bond donors (Lipinski definition) is 2. The van der Waals surface area contributed by atoms with E-state index in [9.17, 15) is 13.2 Å². The summed E-state index contributed by atoms with van der Waals surface area (Å²) >= 11 is 0. The Hall–Kier alpha value is -2.38. The molecular weight excluding hydrogens is 340 g/mol. The average Bonchev–Trinajstić information content (AvgIpc) is 2.62. The number of carbonyl (C=O) groups excluding carboxylic acids is 1. The summed E-state index contributed by atoms with van der Waals surface area (Å²) < 4.78 is 31.9. The second kappa shape index (κ2) is 8.64. The van der Waals surface area contributed by atoms with Crippen molar-refractivity contribution in [2.24, 2.45) is 0 Å². The minimum atomic E-state index is -3.50. The van der Waals surface area contributed by atoms with Crippen LogP contribution in [0.25, 0.3) is 0 Å². The first kappa shape index (κ1) is 19.0. The maximum atomic E-state index is 12.1. The number of nitrogens with one attached hydrogen (secondary N) is 2. The van der Waals surface area contributed by atoms with E-state index in [4.69, 9.17) is 4.74 Å². The standard InChI is InChI=1S/C18H22N2O4S/c1-14(15-6-4-3-5-7-15)20-25(22,23)13-12-19-18(21)16-8-10-17(24-2)11-9-16/h3-11,14,20H,12-13H2,1-2H3,(H,19,21)/t14-/m0/s1. The molecule has 0 bridgehead atoms. The molecule has 0 saturated carbocycles. The Balaban J connectivity index is 1.84. The monoisotopic (exact) mass is 362 g/mol. The van der Waals surface area contributed by atoms with Crippen molar-refractivity contribution in [2.45, 2.75) is 13.0 Å². The lowest BCUT2D eigenvalue weighted by Crippen LogP contribution is -2.35. The van der Waals surface area contributed by atoms with Gasteiger partial charge in [0.2, 0.25) is 10.0 Å². The molecule has 0 aliphatic rings. The molecule has 6 nitrogen and oxygen atoms in total. The van der Waals surface area contributed by atoms with Crippen LogP contribution in [0.3, 0.4) is 0 Å². The van der Waals surface area contributed by atoms with E-state index in [0.29, 0.717) is 11.3 Å². The van der Waals surface area contributed by atoms with Crippen molar-refractivity contribution in [3.63, 3.8) is 0 Å². The molecule has 0 radical (unpaired) electrons. The van der Waals surface area contributed by atoms with Gasteiger partial charge in [-0.1, -0.05) is 30.3 Å². The molecule has 1 amide bonds. The molecule has 2 aromatic carbocycles. The van der Waals surface area contributed by atoms with Gasteiger partial charge in [-0.2, -0.15) is 0 Å². The Kier molecular flexibility index (Phi) is 6.55. The number of rotatable bonds is 8. The van der Waals surface area contributed by atoms with E-state index >= 15 is 0 Å². The largest absolute Gasteiger partial charge is 0.497 e. The van der Waals surface area contributed by atoms with E-state index in [1.807, 2.05) is 30.3 Å². The topological polar surface area (TPSA) is 84.5 Å². The highest BCUT2D eigenvalue weighted by atomic mass is 32.2. The summed E-state index contributed by atoms with van der Waals surface area (Å²) in [6.45, 7) is 1.81. The number of amides is 1. The lowest BCUT2D eigenvalue weighted by molar-refractivity contribution is 0.0956. The molecule has 0 unspecified atom stereocenters. The van der Waals surface area contributed by atoms with E-state index in [2.05, 4.69) is 10.0 Å². The highest BCUT2D eigenvalue weighted by molar-refractivity contribution is 7.89. The first-order valence-corrected chi connectivity index (χ1v) is 9.54. The van der Waals surface area contributed by atoms with Gasteiger partial charge in [0.25, 0.3) is 5.91 Å². The van der Waals surface area contributed by atoms with Crippen molar-refractivity contribution in [1.82, 2.24) is 10.0 Å². The van der Waals surface area contributed by atoms with E-state index in [-0.39, 0.29) is 24.2 Å². The van der Waals surface area contributed by atoms with E-state index in [0.717, 1.165) is 5.56 Å². The van der Waals surface area contributed by atoms with Gasteiger partial charge in [0.15, 0.2) is 0 Å². The third-order valence-electron chi connectivity index (χ3n) is 3.66. The predicted molar refractivity (Wildman–Crippen MR) is 97.1 cm³/mol. The number of ether oxygens (including phenoxy) is 1. The Morgan fingerprint density at radius 3 is 2.32 bits per heavy atom. The molecule has 7 heteroatoms. The van der Waals surface area contributed by atoms with Crippen molar-refractivity contribution in [2.75, 3.05) is 19.4 Å². The molecule has 2 N–H and O–H groups in total. The van der Waals surface area contributed by atoms with E-state index < -0.39 is 10.0 Å². The van der Waals surface area contributed by atoms with Crippen molar-refractivity contribution in [3.05, 3.63) is 65.7 Å². The predicted octanol–water partition coefficient (Wildman–Crippen LogP) is 2.11. The first-order chi connectivity index (χ1) is 11.9. The van der Waals surface area contributed by atoms with Gasteiger partial charge in [0, 0.05) is 18.2 Å². The maximum Gasteiger partial charge on any atom is 0.251 e. The summed E-state index contributed by atoms with van der Waals surface area (Å²) in [7, 11) is -1.96. The third kappa shape index (κ3) is 5.88. The van der Waals surface area contributed by atoms with Gasteiger partial charge in [-0.3, -0.25) is 4.79 Å². The SMILES string of the molecule is COc1ccc(C(=O)NCCS(=O)(=O)N[C@@H](C)c2ccccc2)cc1. The number of benzene rings is 2. The number of carbonyl (C=O) groups is 1. The first-order valence-electron chi connectivity index (χ1n) is 7.88. The molecule has 0 heterocycles. The Morgan fingerprint density at radius 2 is 1.72 bits per heavy atom. The maximum absolute atomic E-state index is 12.1. The molecular formula is C18H22N2O4S. The summed E-state index contributed by atoms with van der Waals surface area (Å²) in [5.74, 6) is 0.138. The van der Waals surface area contributed by atoms with Gasteiger partial charge < -0.3 is 10.1 Å². The molecule has 0 spiro atoms. The molecule has 0 aromatic heterocycles. The van der Waals surface area contributed by atoms with Crippen LogP contribution in [0.15, 0.2) is 54.6 Å². The van der Waals surface area contributed by atoms with Crippen LogP contribution in [0.4, 0.5) is 0 Å². The second-order valence-electron chi connectivity index (χ2n) is 5.55. The van der Waals surface area contributed by atoms with Crippen LogP contribution in [-0.2, 0) is 10.0 Å². The van der Waals surface area contributed by atoms with Crippen LogP contribution < -0.4 is 14.8 Å². The summed E-state index contributed by atoms with van der Waals surface area (Å²) in [6.07, 6.45) is 0. The van der Waals surface area contributed by atoms with Gasteiger partial charge in [0.1, 0.15) is 5.75 Å². The number of methoxy groups -OCH3 is 1. The highest BCUT2D eigenvalue weighted by Gasteiger charge is 2.16. The van der Waals surface area contributed by atoms with Crippen LogP contribution in [0.1, 0.15) is 28.9 Å². The van der Waals surface area contributed by atoms with Gasteiger partial charge in [-0.15, -0.1) is 0 Å². The molecule has 0 aliphatic heterocycles. The van der Waals surface area contributed by atoms with E-state index in [1.165, 1.54) is 0 Å². The zero-order chi connectivity index (χ0) is 18.3. The van der Waals surface area contributed by atoms with Crippen LogP contribution in [0.2, 0.25) is 0 Å². The molecule has 25 heavy (non-hydrogen) atoms. The molecule has 134 valence electrons. The fraction of sp³-hybridized carbons (Fsp3) is 0.278. The summed E-state index contributed by atoms with van der Waals surface area (Å²) in [5, 5.41) is 2.61. The van der Waals surface area contributed by atoms with Gasteiger partial charge in [0.05, 0.1) is 12.9 Å². The van der Waals surface area contributed by atoms with Crippen molar-refractivity contribution < 1.29 is 17.9 Å². The molecule has 0 fully saturated rings. The van der Waals surface area contributed by atoms with E-state index in [1.54, 1.807) is 38.3 Å². The number of sulfonamides is 1. The smallest absolute Gasteiger partial charge is 0.251 e. The third-order valence-corrected chi connectivity index (χ3v) is 5.12. The zero-order valence-electron chi connectivity index (χ0n) is 14.2. The minimum absolute atomic E-state index is 0.0295. The van der Waals surface area contributed by atoms with Crippen molar-refractivity contribution >= 4 is 15.9 Å². The van der Waals surface area contributed by atoms with Crippen LogP contribution >= 0.6 is 0 Å². The van der Waals surface area contributed by atoms with Crippen molar-refractivity contribution in [1.29, 1.82) is 0 Å². The minimum Gasteiger partial charge on any atom is -0.497 e. The zero-order valence-corrected chi connectivity index (χ0v) is 15.0. The summed E-state index contributed by atoms with van der Waals surface area (Å²) in [5.41, 5.74) is 1.33. The molecule has 1 atom stereocenters. The fourth-order valence-corrected chi connectivity index (χ4v) is 3.44. The number of hydrogen-bond acceptors (Lipinski definition) is 4. The average molecular weight is 362 g/mol. The highest BCUT2D eigenvalue weighted by Crippen LogP contribution is 2.13. The van der Waals surface area contributed by atoms with Gasteiger partial charge in [-0.25, -0.2) is 13.1 Å². The second-order valence-corrected chi connectivity index (χ2v) is 7.43. The van der Waals surface area contributed by atoms with Crippen LogP contribution in [0.5, 0.6) is 5.75 Å². The van der Waals surface area contributed by atoms with Gasteiger partial charge in [-0.05, 0) is 36.8 Å². The van der Waals surface area contributed by atoms with Crippen LogP contribution in [0, 0.1) is 0 Å². The molecule has 0 saturated heterocycles. The quantitative estimate of drug-likeness (QED) is 0.753. The molecule has 0 aliphatic carbocycles. The lowest BCUT2D eigenvalue weighted by Gasteiger charge is -2.14. The Morgan fingerprint density at radius 1 is 1.08 bits per heavy atom. The lowest BCUT2D eigenvalue weighted by atomic mass is 10.1. The molecule has 2 rings (SSSR count). The van der Waals surface area contributed by atoms with Gasteiger partial charge >= 0.3 is 0 Å². The fourth-order valence-electron chi connectivity index (χ4n) is 2.28.